The molecule has 6 heteroatoms. The summed E-state index contributed by atoms with van der Waals surface area (Å²) in [4.78, 5) is 37.5. The molecule has 1 aromatic rings. The molecule has 0 bridgehead atoms. The molecule has 0 aromatic heterocycles. The number of aromatic carboxylic acids is 1. The predicted molar refractivity (Wildman–Crippen MR) is 77.4 cm³/mol. The number of carbonyl (C=O) groups is 3. The van der Waals surface area contributed by atoms with Crippen molar-refractivity contribution < 1.29 is 19.5 Å². The van der Waals surface area contributed by atoms with Gasteiger partial charge in [0.25, 0.3) is 0 Å². The van der Waals surface area contributed by atoms with Crippen molar-refractivity contribution in [3.63, 3.8) is 0 Å². The maximum absolute atomic E-state index is 12.3. The lowest BCUT2D eigenvalue weighted by Crippen LogP contribution is -2.42. The van der Waals surface area contributed by atoms with E-state index >= 15 is 0 Å². The van der Waals surface area contributed by atoms with Crippen molar-refractivity contribution >= 4 is 23.5 Å². The Bertz CT molecular complexity index is 597. The van der Waals surface area contributed by atoms with Crippen LogP contribution in [0.25, 0.3) is 0 Å². The molecule has 0 radical (unpaired) electrons. The molecule has 1 aliphatic heterocycles. The minimum atomic E-state index is -0.974. The SMILES string of the molecule is CC(=O)N(C)CC(=O)N1CCCc2cc(C(=O)O)ccc21. The van der Waals surface area contributed by atoms with Gasteiger partial charge in [0.05, 0.1) is 12.1 Å². The molecule has 2 rings (SSSR count). The number of amides is 2. The molecule has 0 aliphatic carbocycles. The Hall–Kier alpha value is -2.37. The van der Waals surface area contributed by atoms with E-state index in [4.69, 9.17) is 5.11 Å². The van der Waals surface area contributed by atoms with E-state index in [0.29, 0.717) is 6.54 Å². The molecule has 0 unspecified atom stereocenters. The van der Waals surface area contributed by atoms with Gasteiger partial charge in [-0.1, -0.05) is 0 Å². The number of nitrogens with zero attached hydrogens (tertiary/aromatic N) is 2. The third-order valence-corrected chi connectivity index (χ3v) is 3.66. The van der Waals surface area contributed by atoms with E-state index in [0.717, 1.165) is 24.1 Å². The third-order valence-electron chi connectivity index (χ3n) is 3.66. The van der Waals surface area contributed by atoms with Crippen LogP contribution in [0.4, 0.5) is 5.69 Å². The van der Waals surface area contributed by atoms with Crippen molar-refractivity contribution in [1.29, 1.82) is 0 Å². The molecule has 0 atom stereocenters. The van der Waals surface area contributed by atoms with Crippen LogP contribution in [0.15, 0.2) is 18.2 Å². The van der Waals surface area contributed by atoms with Crippen molar-refractivity contribution in [3.8, 4) is 0 Å². The zero-order chi connectivity index (χ0) is 15.6. The van der Waals surface area contributed by atoms with E-state index < -0.39 is 5.97 Å². The number of anilines is 1. The van der Waals surface area contributed by atoms with E-state index in [9.17, 15) is 14.4 Å². The van der Waals surface area contributed by atoms with Crippen LogP contribution < -0.4 is 4.90 Å². The van der Waals surface area contributed by atoms with E-state index in [1.165, 1.54) is 17.9 Å². The summed E-state index contributed by atoms with van der Waals surface area (Å²) in [5.74, 6) is -1.30. The van der Waals surface area contributed by atoms with Crippen LogP contribution in [0.1, 0.15) is 29.3 Å². The molecule has 0 saturated carbocycles. The van der Waals surface area contributed by atoms with Crippen molar-refractivity contribution in [2.75, 3.05) is 25.0 Å². The summed E-state index contributed by atoms with van der Waals surface area (Å²) in [7, 11) is 1.58. The zero-order valence-electron chi connectivity index (χ0n) is 12.1. The Balaban J connectivity index is 2.24. The number of aryl methyl sites for hydroxylation is 1. The van der Waals surface area contributed by atoms with Crippen molar-refractivity contribution in [1.82, 2.24) is 4.90 Å². The fraction of sp³-hybridized carbons (Fsp3) is 0.400. The smallest absolute Gasteiger partial charge is 0.335 e. The monoisotopic (exact) mass is 290 g/mol. The molecule has 6 nitrogen and oxygen atoms in total. The Morgan fingerprint density at radius 1 is 1.33 bits per heavy atom. The molecular formula is C15H18N2O4. The quantitative estimate of drug-likeness (QED) is 0.905. The molecule has 1 aromatic carbocycles. The van der Waals surface area contributed by atoms with Crippen LogP contribution in [-0.4, -0.2) is 47.9 Å². The van der Waals surface area contributed by atoms with Gasteiger partial charge in [0.2, 0.25) is 11.8 Å². The number of likely N-dealkylation sites (N-methyl/N-ethyl adjacent to an activating group) is 1. The summed E-state index contributed by atoms with van der Waals surface area (Å²) in [5, 5.41) is 9.02. The van der Waals surface area contributed by atoms with E-state index in [1.807, 2.05) is 0 Å². The molecule has 2 amide bonds. The highest BCUT2D eigenvalue weighted by Crippen LogP contribution is 2.28. The lowest BCUT2D eigenvalue weighted by molar-refractivity contribution is -0.132. The van der Waals surface area contributed by atoms with Crippen LogP contribution in [0.2, 0.25) is 0 Å². The second-order valence-corrected chi connectivity index (χ2v) is 5.17. The van der Waals surface area contributed by atoms with Gasteiger partial charge in [0, 0.05) is 26.2 Å². The summed E-state index contributed by atoms with van der Waals surface area (Å²) in [6, 6.07) is 4.79. The number of carboxylic acids is 1. The Labute approximate surface area is 123 Å². The highest BCUT2D eigenvalue weighted by Gasteiger charge is 2.24. The highest BCUT2D eigenvalue weighted by molar-refractivity contribution is 5.98. The third kappa shape index (κ3) is 3.21. The highest BCUT2D eigenvalue weighted by atomic mass is 16.4. The molecule has 21 heavy (non-hydrogen) atoms. The largest absolute Gasteiger partial charge is 0.478 e. The second-order valence-electron chi connectivity index (χ2n) is 5.17. The average molecular weight is 290 g/mol. The van der Waals surface area contributed by atoms with Gasteiger partial charge in [-0.2, -0.15) is 0 Å². The lowest BCUT2D eigenvalue weighted by Gasteiger charge is -2.31. The van der Waals surface area contributed by atoms with Crippen LogP contribution in [0, 0.1) is 0 Å². The Morgan fingerprint density at radius 3 is 2.67 bits per heavy atom. The Morgan fingerprint density at radius 2 is 2.05 bits per heavy atom. The van der Waals surface area contributed by atoms with Crippen LogP contribution >= 0.6 is 0 Å². The fourth-order valence-electron chi connectivity index (χ4n) is 2.39. The summed E-state index contributed by atoms with van der Waals surface area (Å²) in [5.41, 5.74) is 1.83. The first-order chi connectivity index (χ1) is 9.90. The van der Waals surface area contributed by atoms with E-state index in [1.54, 1.807) is 24.1 Å². The lowest BCUT2D eigenvalue weighted by atomic mass is 9.99. The Kier molecular flexibility index (Phi) is 4.26. The van der Waals surface area contributed by atoms with Crippen LogP contribution in [0.5, 0.6) is 0 Å². The van der Waals surface area contributed by atoms with Gasteiger partial charge in [-0.15, -0.1) is 0 Å². The molecule has 112 valence electrons. The maximum atomic E-state index is 12.3. The summed E-state index contributed by atoms with van der Waals surface area (Å²) in [6.45, 7) is 2.02. The van der Waals surface area contributed by atoms with E-state index in [-0.39, 0.29) is 23.9 Å². The van der Waals surface area contributed by atoms with Gasteiger partial charge in [0.1, 0.15) is 0 Å². The molecule has 1 aliphatic rings. The van der Waals surface area contributed by atoms with Crippen LogP contribution in [-0.2, 0) is 16.0 Å². The molecule has 0 saturated heterocycles. The average Bonchev–Trinajstić information content (AvgIpc) is 2.45. The first-order valence-electron chi connectivity index (χ1n) is 6.78. The number of fused-ring (bicyclic) bond motifs is 1. The predicted octanol–water partition coefficient (Wildman–Crippen LogP) is 1.14. The minimum Gasteiger partial charge on any atom is -0.478 e. The molecule has 1 N–H and O–H groups in total. The number of hydrogen-bond donors (Lipinski definition) is 1. The fourth-order valence-corrected chi connectivity index (χ4v) is 2.39. The molecule has 0 spiro atoms. The number of rotatable bonds is 3. The van der Waals surface area contributed by atoms with Gasteiger partial charge >= 0.3 is 5.97 Å². The van der Waals surface area contributed by atoms with Gasteiger partial charge in [0.15, 0.2) is 0 Å². The molecular weight excluding hydrogens is 272 g/mol. The molecule has 1 heterocycles. The zero-order valence-corrected chi connectivity index (χ0v) is 12.1. The summed E-state index contributed by atoms with van der Waals surface area (Å²) >= 11 is 0. The summed E-state index contributed by atoms with van der Waals surface area (Å²) in [6.07, 6.45) is 1.54. The number of benzene rings is 1. The van der Waals surface area contributed by atoms with Crippen molar-refractivity contribution in [2.45, 2.75) is 19.8 Å². The normalized spacial score (nSPS) is 13.5. The van der Waals surface area contributed by atoms with Crippen molar-refractivity contribution in [2.24, 2.45) is 0 Å². The number of carbonyl (C=O) groups excluding carboxylic acids is 2. The second kappa shape index (κ2) is 5.95. The standard InChI is InChI=1S/C15H18N2O4/c1-10(18)16(2)9-14(19)17-7-3-4-11-8-12(15(20)21)5-6-13(11)17/h5-6,8H,3-4,7,9H2,1-2H3,(H,20,21). The van der Waals surface area contributed by atoms with Gasteiger partial charge < -0.3 is 14.9 Å². The first kappa shape index (κ1) is 15.0. The number of carboxylic acid groups (broad SMARTS) is 1. The van der Waals surface area contributed by atoms with Crippen LogP contribution in [0.3, 0.4) is 0 Å². The maximum Gasteiger partial charge on any atom is 0.335 e. The number of hydrogen-bond acceptors (Lipinski definition) is 3. The van der Waals surface area contributed by atoms with Gasteiger partial charge in [-0.05, 0) is 36.6 Å². The van der Waals surface area contributed by atoms with E-state index in [2.05, 4.69) is 0 Å². The first-order valence-corrected chi connectivity index (χ1v) is 6.78. The molecule has 0 fully saturated rings. The van der Waals surface area contributed by atoms with Gasteiger partial charge in [-0.3, -0.25) is 9.59 Å². The van der Waals surface area contributed by atoms with Gasteiger partial charge in [-0.25, -0.2) is 4.79 Å². The summed E-state index contributed by atoms with van der Waals surface area (Å²) < 4.78 is 0. The topological polar surface area (TPSA) is 77.9 Å². The minimum absolute atomic E-state index is 0.0233. The van der Waals surface area contributed by atoms with Crippen molar-refractivity contribution in [3.05, 3.63) is 29.3 Å².